The van der Waals surface area contributed by atoms with Crippen LogP contribution in [0.2, 0.25) is 0 Å². The number of imidazole rings is 1. The molecular formula is C40H35I3N7O8V. The van der Waals surface area contributed by atoms with Crippen molar-refractivity contribution in [3.05, 3.63) is 148 Å². The summed E-state index contributed by atoms with van der Waals surface area (Å²) in [6.07, 6.45) is -1.17. The number of carboxylic acids is 1. The molecule has 7 rings (SSSR count). The Bertz CT molecular complexity index is 2400. The van der Waals surface area contributed by atoms with E-state index in [1.54, 1.807) is 0 Å². The van der Waals surface area contributed by atoms with E-state index in [9.17, 15) is 29.1 Å². The van der Waals surface area contributed by atoms with Gasteiger partial charge in [0.1, 0.15) is 19.7 Å². The molecule has 304 valence electrons. The number of amides is 3. The summed E-state index contributed by atoms with van der Waals surface area (Å²) in [5, 5.41) is 14.6. The number of fused-ring (bicyclic) bond motifs is 4. The van der Waals surface area contributed by atoms with Crippen molar-refractivity contribution in [2.75, 3.05) is 31.6 Å². The van der Waals surface area contributed by atoms with Gasteiger partial charge >= 0.3 is 83.0 Å². The molecule has 0 radical (unpaired) electrons. The van der Waals surface area contributed by atoms with Crippen LogP contribution in [0, 0.1) is 0 Å². The van der Waals surface area contributed by atoms with Crippen molar-refractivity contribution >= 4 is 101 Å². The quantitative estimate of drug-likeness (QED) is 0.0838. The minimum atomic E-state index is -1.27. The molecule has 0 saturated carbocycles. The van der Waals surface area contributed by atoms with Gasteiger partial charge in [-0.2, -0.15) is 4.98 Å². The van der Waals surface area contributed by atoms with E-state index >= 15 is 0 Å². The first kappa shape index (κ1) is 44.0. The summed E-state index contributed by atoms with van der Waals surface area (Å²) < 4.78 is 12.6. The van der Waals surface area contributed by atoms with Gasteiger partial charge in [-0.1, -0.05) is 109 Å². The zero-order chi connectivity index (χ0) is 41.9. The number of nitrogens with one attached hydrogen (secondary N) is 3. The van der Waals surface area contributed by atoms with E-state index in [4.69, 9.17) is 9.47 Å². The fourth-order valence-corrected chi connectivity index (χ4v) is 6.59. The van der Waals surface area contributed by atoms with E-state index in [2.05, 4.69) is 85.5 Å². The Hall–Kier alpha value is -4.52. The van der Waals surface area contributed by atoms with E-state index < -0.39 is 48.8 Å². The number of benzene rings is 4. The molecule has 2 heterocycles. The van der Waals surface area contributed by atoms with Crippen LogP contribution in [0.25, 0.3) is 22.3 Å². The molecule has 1 aliphatic rings. The molecule has 2 aromatic heterocycles. The Morgan fingerprint density at radius 3 is 1.98 bits per heavy atom. The van der Waals surface area contributed by atoms with Crippen molar-refractivity contribution in [3.8, 4) is 11.1 Å². The maximum absolute atomic E-state index is 13.4. The van der Waals surface area contributed by atoms with E-state index in [1.165, 1.54) is 10.9 Å². The first-order chi connectivity index (χ1) is 28.5. The van der Waals surface area contributed by atoms with Crippen LogP contribution in [0.5, 0.6) is 0 Å². The number of hydrogen-bond acceptors (Lipinski definition) is 9. The molecule has 0 unspecified atom stereocenters. The first-order valence-corrected chi connectivity index (χ1v) is 31.4. The normalized spacial score (nSPS) is 11.6. The van der Waals surface area contributed by atoms with Gasteiger partial charge in [-0.15, -0.1) is 0 Å². The number of aliphatic carboxylic acids is 1. The summed E-state index contributed by atoms with van der Waals surface area (Å²) in [6.45, 7) is -1.26. The fourth-order valence-electron chi connectivity index (χ4n) is 6.59. The molecular weight excluding hydrogens is 1140 g/mol. The minimum absolute atomic E-state index is 0.0397. The molecule has 19 heteroatoms. The zero-order valence-electron chi connectivity index (χ0n) is 30.8. The number of ether oxygens (including phenoxy) is 2. The van der Waals surface area contributed by atoms with Crippen LogP contribution in [-0.2, 0) is 30.5 Å². The molecule has 1 aliphatic carbocycles. The molecule has 0 aliphatic heterocycles. The molecule has 0 bridgehead atoms. The van der Waals surface area contributed by atoms with Gasteiger partial charge < -0.3 is 29.4 Å². The van der Waals surface area contributed by atoms with E-state index in [1.807, 2.05) is 109 Å². The summed E-state index contributed by atoms with van der Waals surface area (Å²) in [7, 11) is 0. The third-order valence-corrected chi connectivity index (χ3v) is 9.10. The SMILES string of the molecule is O=C(O)CN(CCNC(=O)OCC1c2ccccc2-c2ccccc21)C(=O)Cn1cnc2c(=O)[nH]c(NC(=O)OC(c3ccccc3)c3ccccc3)nc21.[I][V]([I])[I]. The number of aromatic nitrogens is 4. The number of hydrogen-bond donors (Lipinski definition) is 4. The van der Waals surface area contributed by atoms with E-state index in [0.717, 1.165) is 38.3 Å². The predicted octanol–water partition coefficient (Wildman–Crippen LogP) is 7.56. The Labute approximate surface area is 375 Å². The van der Waals surface area contributed by atoms with Crippen LogP contribution in [0.1, 0.15) is 34.3 Å². The van der Waals surface area contributed by atoms with Crippen molar-refractivity contribution < 1.29 is 38.7 Å². The van der Waals surface area contributed by atoms with Crippen LogP contribution >= 0.6 is 59.9 Å². The van der Waals surface area contributed by atoms with Crippen molar-refractivity contribution in [2.24, 2.45) is 0 Å². The van der Waals surface area contributed by atoms with Gasteiger partial charge in [0.05, 0.1) is 6.33 Å². The second-order valence-corrected chi connectivity index (χ2v) is 48.2. The second-order valence-electron chi connectivity index (χ2n) is 12.8. The Kier molecular flexibility index (Phi) is 15.8. The van der Waals surface area contributed by atoms with Crippen molar-refractivity contribution in [1.29, 1.82) is 0 Å². The van der Waals surface area contributed by atoms with Crippen LogP contribution < -0.4 is 16.2 Å². The van der Waals surface area contributed by atoms with Crippen molar-refractivity contribution in [2.45, 2.75) is 18.6 Å². The van der Waals surface area contributed by atoms with Crippen LogP contribution in [0.3, 0.4) is 0 Å². The topological polar surface area (TPSA) is 198 Å². The molecule has 4 aromatic carbocycles. The molecule has 6 aromatic rings. The van der Waals surface area contributed by atoms with Gasteiger partial charge in [-0.3, -0.25) is 24.7 Å². The molecule has 3 amide bonds. The maximum atomic E-state index is 13.4. The van der Waals surface area contributed by atoms with Gasteiger partial charge in [0.15, 0.2) is 17.3 Å². The standard InChI is InChI=1S/C40H35N7O8.3HI.V/c48-32(46(22-33(49)50)20-19-41-39(52)54-23-31-29-17-9-7-15-27(29)28-16-8-10-18-30(28)31)21-47-24-42-34-36(47)43-38(44-37(34)51)45-40(53)55-35(25-11-3-1-4-12-25)26-13-5-2-6-14-26;;;;/h1-18,24,31,35H,19-23H2,(H,41,52)(H,49,50)(H2,43,44,45,51,53);3*1H;/q;;;;+3/p-3. The number of nitrogens with zero attached hydrogens (tertiary/aromatic N) is 4. The van der Waals surface area contributed by atoms with Gasteiger partial charge in [-0.25, -0.2) is 14.6 Å². The van der Waals surface area contributed by atoms with E-state index in [0.29, 0.717) is 0 Å². The van der Waals surface area contributed by atoms with Crippen LogP contribution in [0.4, 0.5) is 15.5 Å². The third kappa shape index (κ3) is 11.8. The number of H-pyrrole nitrogens is 1. The Morgan fingerprint density at radius 2 is 1.41 bits per heavy atom. The van der Waals surface area contributed by atoms with Crippen molar-refractivity contribution in [1.82, 2.24) is 29.7 Å². The van der Waals surface area contributed by atoms with Crippen LogP contribution in [0.15, 0.2) is 120 Å². The van der Waals surface area contributed by atoms with Gasteiger partial charge in [0.2, 0.25) is 11.9 Å². The molecule has 59 heavy (non-hydrogen) atoms. The fraction of sp³-hybridized carbons (Fsp3) is 0.175. The average Bonchev–Trinajstić information content (AvgIpc) is 3.77. The predicted molar refractivity (Wildman–Crippen MR) is 242 cm³/mol. The summed E-state index contributed by atoms with van der Waals surface area (Å²) in [5.74, 6) is -2.32. The molecule has 0 fully saturated rings. The molecule has 15 nitrogen and oxygen atoms in total. The summed E-state index contributed by atoms with van der Waals surface area (Å²) in [5.41, 5.74) is 4.89. The number of carboxylic acid groups (broad SMARTS) is 1. The number of anilines is 1. The van der Waals surface area contributed by atoms with Crippen LogP contribution in [-0.4, -0.2) is 79.8 Å². The number of aromatic amines is 1. The number of carbonyl (C=O) groups excluding carboxylic acids is 3. The number of alkyl carbamates (subject to hydrolysis) is 1. The zero-order valence-corrected chi connectivity index (χ0v) is 38.7. The number of carbonyl (C=O) groups is 4. The average molecular weight is 1170 g/mol. The first-order valence-electron chi connectivity index (χ1n) is 17.9. The Balaban J connectivity index is 0.00000140. The summed E-state index contributed by atoms with van der Waals surface area (Å²) in [6, 6.07) is 34.1. The molecule has 0 spiro atoms. The molecule has 4 N–H and O–H groups in total. The van der Waals surface area contributed by atoms with Gasteiger partial charge in [0.25, 0.3) is 5.56 Å². The number of rotatable bonds is 13. The summed E-state index contributed by atoms with van der Waals surface area (Å²) in [4.78, 5) is 75.4. The molecule has 0 atom stereocenters. The third-order valence-electron chi connectivity index (χ3n) is 9.10. The Morgan fingerprint density at radius 1 is 0.847 bits per heavy atom. The summed E-state index contributed by atoms with van der Waals surface area (Å²) >= 11 is 7.39. The van der Waals surface area contributed by atoms with E-state index in [-0.39, 0.29) is 47.6 Å². The number of halogens is 3. The van der Waals surface area contributed by atoms with Gasteiger partial charge in [0, 0.05) is 19.0 Å². The molecule has 0 saturated heterocycles. The second kappa shape index (κ2) is 21.1. The van der Waals surface area contributed by atoms with Gasteiger partial charge in [-0.05, 0) is 33.4 Å². The monoisotopic (exact) mass is 1170 g/mol. The van der Waals surface area contributed by atoms with Crippen molar-refractivity contribution in [3.63, 3.8) is 0 Å².